The van der Waals surface area contributed by atoms with Crippen LogP contribution < -0.4 is 24.0 Å². The van der Waals surface area contributed by atoms with Crippen molar-refractivity contribution in [1.82, 2.24) is 29.5 Å². The Hall–Kier alpha value is -5.63. The van der Waals surface area contributed by atoms with Crippen molar-refractivity contribution in [3.63, 3.8) is 0 Å². The van der Waals surface area contributed by atoms with Gasteiger partial charge in [-0.25, -0.2) is 14.3 Å². The minimum absolute atomic E-state index is 0.173. The maximum absolute atomic E-state index is 11.8. The van der Waals surface area contributed by atoms with Gasteiger partial charge in [-0.1, -0.05) is 37.6 Å². The normalized spacial score (nSPS) is 13.7. The number of imidazole rings is 1. The lowest BCUT2D eigenvalue weighted by molar-refractivity contribution is 0.142. The van der Waals surface area contributed by atoms with Gasteiger partial charge in [-0.05, 0) is 60.4 Å². The van der Waals surface area contributed by atoms with Crippen LogP contribution in [0, 0.1) is 6.92 Å². The highest BCUT2D eigenvalue weighted by Gasteiger charge is 2.26. The van der Waals surface area contributed by atoms with E-state index in [1.165, 1.54) is 4.90 Å². The van der Waals surface area contributed by atoms with Crippen LogP contribution in [0.15, 0.2) is 67.0 Å². The number of aliphatic hydroxyl groups is 1. The molecule has 14 heteroatoms. The fourth-order valence-corrected chi connectivity index (χ4v) is 6.08. The van der Waals surface area contributed by atoms with Gasteiger partial charge in [0, 0.05) is 39.3 Å². The Morgan fingerprint density at radius 1 is 0.922 bits per heavy atom. The molecule has 0 bridgehead atoms. The highest BCUT2D eigenvalue weighted by atomic mass is 16.5. The lowest BCUT2D eigenvalue weighted by Crippen LogP contribution is -2.48. The van der Waals surface area contributed by atoms with Crippen molar-refractivity contribution in [3.05, 3.63) is 95.1 Å². The fourth-order valence-electron chi connectivity index (χ4n) is 6.08. The third-order valence-corrected chi connectivity index (χ3v) is 9.00. The van der Waals surface area contributed by atoms with E-state index in [2.05, 4.69) is 21.7 Å². The Balaban J connectivity index is 1.36. The number of piperazine rings is 1. The zero-order chi connectivity index (χ0) is 35.9. The summed E-state index contributed by atoms with van der Waals surface area (Å²) < 4.78 is 18.4. The molecule has 6 rings (SSSR count). The summed E-state index contributed by atoms with van der Waals surface area (Å²) in [6.07, 6.45) is 3.05. The van der Waals surface area contributed by atoms with E-state index >= 15 is 0 Å². The van der Waals surface area contributed by atoms with E-state index in [1.54, 1.807) is 31.1 Å². The summed E-state index contributed by atoms with van der Waals surface area (Å²) in [5, 5.41) is 25.8. The Labute approximate surface area is 296 Å². The van der Waals surface area contributed by atoms with E-state index in [9.17, 15) is 15.0 Å². The van der Waals surface area contributed by atoms with Gasteiger partial charge >= 0.3 is 12.1 Å². The number of hydrogen-bond acceptors (Lipinski definition) is 11. The van der Waals surface area contributed by atoms with E-state index in [-0.39, 0.29) is 6.01 Å². The predicted octanol–water partition coefficient (Wildman–Crippen LogP) is 5.11. The van der Waals surface area contributed by atoms with Gasteiger partial charge in [-0.2, -0.15) is 4.98 Å². The number of aromatic nitrogens is 5. The average molecular weight is 697 g/mol. The maximum atomic E-state index is 11.8. The van der Waals surface area contributed by atoms with Crippen LogP contribution in [0.2, 0.25) is 0 Å². The Kier molecular flexibility index (Phi) is 11.0. The third kappa shape index (κ3) is 8.07. The number of pyridine rings is 1. The second-order valence-electron chi connectivity index (χ2n) is 12.4. The molecule has 0 radical (unpaired) electrons. The Morgan fingerprint density at radius 3 is 2.10 bits per heavy atom. The summed E-state index contributed by atoms with van der Waals surface area (Å²) in [5.74, 6) is 2.07. The van der Waals surface area contributed by atoms with Crippen LogP contribution in [0.25, 0.3) is 5.65 Å². The molecule has 0 aliphatic carbocycles. The lowest BCUT2D eigenvalue weighted by atomic mass is 10.1. The van der Waals surface area contributed by atoms with Crippen LogP contribution in [0.3, 0.4) is 0 Å². The molecule has 14 nitrogen and oxygen atoms in total. The number of aryl methyl sites for hydroxylation is 1. The number of rotatable bonds is 14. The van der Waals surface area contributed by atoms with Gasteiger partial charge in [0.15, 0.2) is 11.5 Å². The van der Waals surface area contributed by atoms with E-state index in [0.29, 0.717) is 68.7 Å². The van der Waals surface area contributed by atoms with Crippen LogP contribution in [0.5, 0.6) is 17.5 Å². The molecule has 268 valence electrons. The Bertz CT molecular complexity index is 1880. The molecule has 51 heavy (non-hydrogen) atoms. The summed E-state index contributed by atoms with van der Waals surface area (Å²) in [5.41, 5.74) is 5.19. The molecule has 0 spiro atoms. The molecule has 2 N–H and O–H groups in total. The summed E-state index contributed by atoms with van der Waals surface area (Å²) in [6, 6.07) is 17.8. The highest BCUT2D eigenvalue weighted by molar-refractivity contribution is 5.66. The molecule has 1 amide bonds. The molecule has 3 aromatic heterocycles. The first kappa shape index (κ1) is 35.2. The molecule has 0 saturated carbocycles. The first-order valence-electron chi connectivity index (χ1n) is 17.0. The highest BCUT2D eigenvalue weighted by Crippen LogP contribution is 2.31. The van der Waals surface area contributed by atoms with Gasteiger partial charge in [0.25, 0.3) is 0 Å². The van der Waals surface area contributed by atoms with Crippen LogP contribution in [0.4, 0.5) is 16.3 Å². The first-order valence-corrected chi connectivity index (χ1v) is 17.0. The minimum Gasteiger partial charge on any atom is -0.497 e. The number of nitrogens with zero attached hydrogens (tertiary/aromatic N) is 8. The van der Waals surface area contributed by atoms with Gasteiger partial charge in [0.05, 0.1) is 50.3 Å². The molecule has 1 aliphatic rings. The molecule has 2 aromatic carbocycles. The van der Waals surface area contributed by atoms with E-state index < -0.39 is 12.2 Å². The SMILES string of the molecule is CCCCOc1nc(N(Cc2ccc(OC)cc2)Cc2ccc(OC)cc2)c2ncc(C(O)c3cc(C)c(N4CCN(C(=O)O)CC4)cn3)n2n1. The molecule has 1 saturated heterocycles. The summed E-state index contributed by atoms with van der Waals surface area (Å²) >= 11 is 0. The molecule has 5 aromatic rings. The number of amides is 1. The van der Waals surface area contributed by atoms with Crippen molar-refractivity contribution in [3.8, 4) is 17.5 Å². The van der Waals surface area contributed by atoms with Crippen LogP contribution in [0.1, 0.15) is 53.9 Å². The van der Waals surface area contributed by atoms with Gasteiger partial charge in [0.2, 0.25) is 0 Å². The fraction of sp³-hybridized carbons (Fsp3) is 0.378. The van der Waals surface area contributed by atoms with E-state index in [4.69, 9.17) is 29.3 Å². The van der Waals surface area contributed by atoms with Crippen LogP contribution in [-0.4, -0.2) is 92.8 Å². The van der Waals surface area contributed by atoms with Gasteiger partial charge in [0.1, 0.15) is 17.6 Å². The van der Waals surface area contributed by atoms with Crippen molar-refractivity contribution in [2.75, 3.05) is 56.8 Å². The molecular formula is C37H44N8O6. The summed E-state index contributed by atoms with van der Waals surface area (Å²) in [4.78, 5) is 31.3. The second-order valence-corrected chi connectivity index (χ2v) is 12.4. The standard InChI is InChI=1S/C37H44N8O6/c1-5-6-19-51-36-40-35(44(23-26-7-11-28(49-3)12-8-26)24-27-9-13-29(50-4)14-10-27)34-39-22-32(45(34)41-36)33(46)30-20-25(2)31(21-38-30)42-15-17-43(18-16-42)37(47)48/h7-14,20-22,33,46H,5-6,15-19,23-24H2,1-4H3,(H,47,48). The molecule has 1 unspecified atom stereocenters. The number of carboxylic acid groups (broad SMARTS) is 1. The predicted molar refractivity (Wildman–Crippen MR) is 192 cm³/mol. The zero-order valence-electron chi connectivity index (χ0n) is 29.4. The van der Waals surface area contributed by atoms with Crippen molar-refractivity contribution in [2.24, 2.45) is 0 Å². The zero-order valence-corrected chi connectivity index (χ0v) is 29.4. The maximum Gasteiger partial charge on any atom is 0.407 e. The molecule has 1 aliphatic heterocycles. The summed E-state index contributed by atoms with van der Waals surface area (Å²) in [6.45, 7) is 7.43. The number of ether oxygens (including phenoxy) is 3. The van der Waals surface area contributed by atoms with Crippen LogP contribution in [-0.2, 0) is 13.1 Å². The van der Waals surface area contributed by atoms with Crippen molar-refractivity contribution in [1.29, 1.82) is 0 Å². The molecule has 1 fully saturated rings. The van der Waals surface area contributed by atoms with Gasteiger partial charge in [-0.15, -0.1) is 5.10 Å². The molecule has 1 atom stereocenters. The van der Waals surface area contributed by atoms with Crippen molar-refractivity contribution >= 4 is 23.2 Å². The monoisotopic (exact) mass is 696 g/mol. The lowest BCUT2D eigenvalue weighted by Gasteiger charge is -2.35. The largest absolute Gasteiger partial charge is 0.497 e. The number of fused-ring (bicyclic) bond motifs is 1. The number of unbranched alkanes of at least 4 members (excludes halogenated alkanes) is 1. The Morgan fingerprint density at radius 2 is 1.55 bits per heavy atom. The molecular weight excluding hydrogens is 652 g/mol. The number of aliphatic hydroxyl groups excluding tert-OH is 1. The van der Waals surface area contributed by atoms with Gasteiger partial charge in [-0.3, -0.25) is 4.98 Å². The number of carbonyl (C=O) groups is 1. The quantitative estimate of drug-likeness (QED) is 0.149. The number of anilines is 2. The van der Waals surface area contributed by atoms with Gasteiger partial charge < -0.3 is 39.1 Å². The summed E-state index contributed by atoms with van der Waals surface area (Å²) in [7, 11) is 3.28. The minimum atomic E-state index is -1.15. The van der Waals surface area contributed by atoms with E-state index in [1.807, 2.05) is 61.5 Å². The van der Waals surface area contributed by atoms with Crippen LogP contribution >= 0.6 is 0 Å². The third-order valence-electron chi connectivity index (χ3n) is 9.00. The molecule has 4 heterocycles. The first-order chi connectivity index (χ1) is 24.8. The van der Waals surface area contributed by atoms with Crippen molar-refractivity contribution < 1.29 is 29.2 Å². The number of hydrogen-bond donors (Lipinski definition) is 2. The van der Waals surface area contributed by atoms with Crippen molar-refractivity contribution in [2.45, 2.75) is 45.9 Å². The average Bonchev–Trinajstić information content (AvgIpc) is 3.58. The van der Waals surface area contributed by atoms with E-state index in [0.717, 1.165) is 46.7 Å². The topological polar surface area (TPSA) is 151 Å². The number of benzene rings is 2. The smallest absolute Gasteiger partial charge is 0.407 e. The number of methoxy groups -OCH3 is 2. The second kappa shape index (κ2) is 15.9.